The van der Waals surface area contributed by atoms with E-state index in [0.717, 1.165) is 38.5 Å². The van der Waals surface area contributed by atoms with E-state index in [9.17, 15) is 56.6 Å². The number of likely N-dealkylation sites (N-methyl/N-ethyl adjacent to an activating group) is 3. The zero-order chi connectivity index (χ0) is 82.1. The number of alkyl halides is 3. The Bertz CT molecular complexity index is 2470. The number of carbonyl (C=O) groups excluding carboxylic acids is 7. The van der Waals surface area contributed by atoms with Gasteiger partial charge in [0.15, 0.2) is 11.1 Å². The maximum atomic E-state index is 12.3. The normalized spacial score (nSPS) is 12.1. The fourth-order valence-corrected chi connectivity index (χ4v) is 5.70. The molecule has 33 heteroatoms. The predicted molar refractivity (Wildman–Crippen MR) is 429 cm³/mol. The number of aliphatic hydroxyl groups is 2. The molecular formula is C69H157BCl2F3LiN9O16S. The largest absolute Gasteiger partial charge is 1.00 e. The number of amidine groups is 1. The Balaban J connectivity index is -0.0000000472. The summed E-state index contributed by atoms with van der Waals surface area (Å²) in [7, 11) is 1.24. The fourth-order valence-electron chi connectivity index (χ4n) is 5.32. The summed E-state index contributed by atoms with van der Waals surface area (Å²) in [6.45, 7) is 2.62. The second-order valence-corrected chi connectivity index (χ2v) is 20.7. The molecule has 5 amide bonds. The molecule has 0 rings (SSSR count). The molecule has 0 saturated heterocycles. The first-order valence-corrected chi connectivity index (χ1v) is 29.8. The molecule has 0 unspecified atom stereocenters. The van der Waals surface area contributed by atoms with Crippen LogP contribution in [0.25, 0.3) is 0 Å². The number of methoxy groups -OCH3 is 1. The van der Waals surface area contributed by atoms with Crippen LogP contribution in [0.2, 0.25) is 0 Å². The first-order valence-electron chi connectivity index (χ1n) is 36.1. The van der Waals surface area contributed by atoms with Gasteiger partial charge >= 0.3 is 55.1 Å². The van der Waals surface area contributed by atoms with Gasteiger partial charge in [-0.2, -0.15) is 18.2 Å². The number of amides is 5. The van der Waals surface area contributed by atoms with Crippen molar-refractivity contribution in [3.63, 3.8) is 0 Å². The van der Waals surface area contributed by atoms with E-state index in [2.05, 4.69) is 44.5 Å². The number of thioether (sulfide) groups is 1. The van der Waals surface area contributed by atoms with Crippen LogP contribution in [0.5, 0.6) is 0 Å². The van der Waals surface area contributed by atoms with Gasteiger partial charge in [-0.3, -0.25) is 49.6 Å². The number of esters is 1. The van der Waals surface area contributed by atoms with Crippen LogP contribution in [0.15, 0.2) is 9.98 Å². The Labute approximate surface area is 674 Å². The van der Waals surface area contributed by atoms with Crippen LogP contribution in [0.1, 0.15) is 320 Å². The third-order valence-electron chi connectivity index (χ3n) is 9.40. The molecule has 619 valence electrons. The maximum absolute atomic E-state index is 12.3. The molecule has 0 aliphatic heterocycles. The second kappa shape index (κ2) is 105. The van der Waals surface area contributed by atoms with E-state index < -0.39 is 126 Å². The van der Waals surface area contributed by atoms with Crippen LogP contribution in [-0.4, -0.2) is 194 Å². The molecule has 3 radical (unpaired) electrons. The average Bonchev–Trinajstić information content (AvgIpc) is 0.842. The van der Waals surface area contributed by atoms with E-state index in [0.29, 0.717) is 22.6 Å². The number of carbonyl (C=O) groups is 9. The Morgan fingerprint density at radius 2 is 0.931 bits per heavy atom. The summed E-state index contributed by atoms with van der Waals surface area (Å²) in [6.07, 6.45) is 12.1. The minimum absolute atomic E-state index is 0. The number of hydrogen-bond acceptors (Lipinski definition) is 17. The van der Waals surface area contributed by atoms with Gasteiger partial charge < -0.3 is 56.5 Å². The summed E-state index contributed by atoms with van der Waals surface area (Å²) >= 11 is 1.19. The quantitative estimate of drug-likeness (QED) is 0.00639. The molecule has 0 aromatic carbocycles. The first-order chi connectivity index (χ1) is 46.9. The number of carboxylic acids is 2. The molecule has 0 aliphatic carbocycles. The Hall–Kier alpha value is -4.70. The summed E-state index contributed by atoms with van der Waals surface area (Å²) in [4.78, 5) is 106. The number of aldehydes is 1. The Kier molecular flexibility index (Phi) is 111. The molecular weight excluding hydrogens is 1390 g/mol. The van der Waals surface area contributed by atoms with Crippen LogP contribution >= 0.6 is 36.6 Å². The minimum Gasteiger partial charge on any atom is -1.00 e. The van der Waals surface area contributed by atoms with Gasteiger partial charge in [0.2, 0.25) is 30.0 Å². The summed E-state index contributed by atoms with van der Waals surface area (Å²) in [5, 5.41) is 51.0. The van der Waals surface area contributed by atoms with Crippen molar-refractivity contribution in [1.29, 1.82) is 5.41 Å². The van der Waals surface area contributed by atoms with Crippen molar-refractivity contribution in [2.45, 2.75) is 315 Å². The number of aliphatic carboxylic acids is 2. The van der Waals surface area contributed by atoms with Crippen molar-refractivity contribution in [3.05, 3.63) is 0 Å². The number of guanidine groups is 2. The summed E-state index contributed by atoms with van der Waals surface area (Å²) < 4.78 is 150. The first kappa shape index (κ1) is 108. The van der Waals surface area contributed by atoms with Crippen LogP contribution in [0, 0.1) is 5.41 Å². The molecule has 0 spiro atoms. The van der Waals surface area contributed by atoms with Gasteiger partial charge in [-0.15, -0.1) is 29.8 Å². The van der Waals surface area contributed by atoms with Gasteiger partial charge in [-0.25, -0.2) is 9.59 Å². The third kappa shape index (κ3) is 142. The SMILES string of the molecule is C.C.C.C.C.C.C.C.C.C.CCC(=O)NC(=NC(=O)OC(C)(C)C)SC.Cl.Cl.O=CC(F)(F)F.[2H]C([2H])([2H])CCC(=O)O.[2H]C([2H])([2H])CCC(=O)OC.[2H]C([2H])([2H])N(CCO)C(=N)NC(=O)CCCCCCCCCC.[2H]C([2H])([2H])N(CCO)C(=NC(=O)OC(C)(C)C)NC(=O)CCCCCCCCCC.[2H]C([2H])([2H])NCC(=O)O.[B].[H-].[Li+]. The van der Waals surface area contributed by atoms with Crippen LogP contribution in [-0.2, 0) is 47.8 Å². The number of carboxylic acid groups (broad SMARTS) is 2. The molecule has 9 N–H and O–H groups in total. The number of nitrogens with one attached hydrogen (secondary N) is 5. The number of aliphatic hydroxyl groups excluding tert-OH is 2. The molecule has 0 aromatic rings. The number of unbranched alkanes of at least 4 members (excludes halogenated alkanes) is 14. The van der Waals surface area contributed by atoms with E-state index in [-0.39, 0.29) is 196 Å². The molecule has 0 aromatic heterocycles. The van der Waals surface area contributed by atoms with Crippen LogP contribution in [0.4, 0.5) is 22.8 Å². The van der Waals surface area contributed by atoms with Crippen molar-refractivity contribution in [1.82, 2.24) is 31.1 Å². The number of hydrogen-bond donors (Lipinski definition) is 9. The van der Waals surface area contributed by atoms with E-state index in [1.54, 1.807) is 54.7 Å². The van der Waals surface area contributed by atoms with Crippen molar-refractivity contribution in [2.75, 3.05) is 67.1 Å². The van der Waals surface area contributed by atoms with Crippen molar-refractivity contribution >= 4 is 116 Å². The monoisotopic (exact) mass is 1560 g/mol. The van der Waals surface area contributed by atoms with Gasteiger partial charge in [0.25, 0.3) is 0 Å². The number of ether oxygens (including phenoxy) is 3. The van der Waals surface area contributed by atoms with Crippen LogP contribution in [0.3, 0.4) is 0 Å². The van der Waals surface area contributed by atoms with Gasteiger partial charge in [-0.1, -0.05) is 210 Å². The van der Waals surface area contributed by atoms with E-state index in [1.807, 2.05) is 5.32 Å². The molecule has 0 fully saturated rings. The minimum atomic E-state index is -4.64. The second-order valence-electron chi connectivity index (χ2n) is 19.9. The van der Waals surface area contributed by atoms with E-state index in [1.165, 1.54) is 76.7 Å². The average molecular weight is 1560 g/mol. The van der Waals surface area contributed by atoms with Crippen molar-refractivity contribution in [3.8, 4) is 0 Å². The van der Waals surface area contributed by atoms with Gasteiger partial charge in [0, 0.05) is 88.1 Å². The molecule has 25 nitrogen and oxygen atoms in total. The molecule has 0 atom stereocenters. The molecule has 102 heavy (non-hydrogen) atoms. The number of aliphatic imine (C=N–C) groups is 2. The smallest absolute Gasteiger partial charge is 1.00 e. The number of halogens is 5. The predicted octanol–water partition coefficient (Wildman–Crippen LogP) is 14.3. The number of rotatable bonds is 29. The summed E-state index contributed by atoms with van der Waals surface area (Å²) in [6, 6.07) is 0. The van der Waals surface area contributed by atoms with E-state index >= 15 is 0 Å². The third-order valence-corrected chi connectivity index (χ3v) is 9.98. The fraction of sp³-hybridized carbons (Fsp3) is 0.826. The maximum Gasteiger partial charge on any atom is 1.00 e. The number of nitrogens with zero attached hydrogens (tertiary/aromatic N) is 4. The van der Waals surface area contributed by atoms with Crippen molar-refractivity contribution < 1.29 is 132 Å². The molecule has 0 aliphatic rings. The zero-order valence-corrected chi connectivity index (χ0v) is 58.2. The summed E-state index contributed by atoms with van der Waals surface area (Å²) in [5.41, 5.74) is -1.41. The molecule has 0 saturated carbocycles. The molecule has 0 heterocycles. The van der Waals surface area contributed by atoms with E-state index in [4.69, 9.17) is 55.6 Å². The molecule has 0 bridgehead atoms. The Morgan fingerprint density at radius 3 is 1.22 bits per heavy atom. The Morgan fingerprint density at radius 1 is 0.569 bits per heavy atom. The van der Waals surface area contributed by atoms with Gasteiger partial charge in [0.05, 0.1) is 26.9 Å². The van der Waals surface area contributed by atoms with Gasteiger partial charge in [-0.05, 0) is 80.5 Å². The van der Waals surface area contributed by atoms with Gasteiger partial charge in [0.1, 0.15) is 11.2 Å². The standard InChI is InChI=1S/C20H39N3O4.C15H31N3O2.C10H18N2O3S.C5H10O2.C4H8O2.C3H7NO2.C2HF3O.10CH4.B.2ClH.Li.H/c1-6-7-8-9-10-11-12-13-14-17(25)21-18(23(5)15-16-24)22-19(26)27-20(2,3)4;1-3-4-5-6-7-8-9-10-11-14(20)17-15(16)18(2)12-13-19;1-6-7(13)11-8(16-5)12-9(14)15-10(2,3)4;1-3-4-5(6)7-2;1-2-3-4(5)6;1-4-2-3(5)6;3-2(4,5)1-6;;;;;;;;;;;;;;;/h24H,6-16H2,1-5H3,(H,21,22,25,26);19H,3-13H2,1-2H3,(H2,16,17,20);6H2,1-5H3,(H,11,12,13,14);3-4H2,1-2H3;2-3H2,1H3,(H,5,6);4H,2H2,1H3,(H,5,6);1H;10*1H4;;2*1H;;/q;;;;;;;;;;;;;;;;;;;;+1;-1/i5D3;2D3;;3*1D3;;;;;;;;;;;;;;;;. The van der Waals surface area contributed by atoms with Crippen LogP contribution < -0.4 is 40.1 Å². The zero-order valence-electron chi connectivity index (χ0n) is 71.8. The topological polar surface area (TPSA) is 365 Å². The van der Waals surface area contributed by atoms with Crippen molar-refractivity contribution in [2.24, 2.45) is 9.98 Å². The summed E-state index contributed by atoms with van der Waals surface area (Å²) in [5.74, 6) is -4.61.